The van der Waals surface area contributed by atoms with Gasteiger partial charge in [-0.15, -0.1) is 0 Å². The summed E-state index contributed by atoms with van der Waals surface area (Å²) in [4.78, 5) is 0. The number of rotatable bonds is 2. The fourth-order valence-corrected chi connectivity index (χ4v) is 1.25. The molecule has 0 unspecified atom stereocenters. The molecule has 0 saturated carbocycles. The van der Waals surface area contributed by atoms with E-state index in [2.05, 4.69) is 0 Å². The van der Waals surface area contributed by atoms with E-state index in [1.165, 1.54) is 7.11 Å². The van der Waals surface area contributed by atoms with Gasteiger partial charge in [-0.1, -0.05) is 11.6 Å². The van der Waals surface area contributed by atoms with E-state index in [9.17, 15) is 0 Å². The number of nitrogens with two attached hydrogens (primary N) is 1. The Hall–Kier alpha value is -1.24. The van der Waals surface area contributed by atoms with Gasteiger partial charge in [-0.2, -0.15) is 5.26 Å². The number of benzene rings is 1. The van der Waals surface area contributed by atoms with Crippen LogP contribution in [0.2, 0.25) is 5.02 Å². The monoisotopic (exact) mass is 196 g/mol. The molecule has 0 heterocycles. The fourth-order valence-electron chi connectivity index (χ4n) is 1.01. The third kappa shape index (κ3) is 1.92. The maximum Gasteiger partial charge on any atom is 0.137 e. The number of methoxy groups -OCH3 is 1. The van der Waals surface area contributed by atoms with Gasteiger partial charge >= 0.3 is 0 Å². The van der Waals surface area contributed by atoms with Crippen LogP contribution in [0.25, 0.3) is 0 Å². The predicted molar refractivity (Wildman–Crippen MR) is 50.6 cm³/mol. The molecule has 0 aromatic heterocycles. The maximum atomic E-state index is 8.72. The molecule has 0 amide bonds. The van der Waals surface area contributed by atoms with Crippen LogP contribution in [0.5, 0.6) is 5.75 Å². The minimum atomic E-state index is 0.334. The number of halogens is 1. The summed E-state index contributed by atoms with van der Waals surface area (Å²) in [6.45, 7) is 0.334. The molecule has 1 aromatic carbocycles. The van der Waals surface area contributed by atoms with E-state index in [1.54, 1.807) is 12.1 Å². The summed E-state index contributed by atoms with van der Waals surface area (Å²) in [5.41, 5.74) is 6.64. The maximum absolute atomic E-state index is 8.72. The van der Waals surface area contributed by atoms with E-state index in [0.717, 1.165) is 5.56 Å². The van der Waals surface area contributed by atoms with Crippen LogP contribution in [-0.2, 0) is 6.54 Å². The number of nitriles is 1. The molecule has 68 valence electrons. The van der Waals surface area contributed by atoms with Gasteiger partial charge in [0.15, 0.2) is 0 Å². The van der Waals surface area contributed by atoms with Crippen molar-refractivity contribution < 1.29 is 4.74 Å². The molecule has 3 nitrogen and oxygen atoms in total. The zero-order chi connectivity index (χ0) is 9.84. The summed E-state index contributed by atoms with van der Waals surface area (Å²) in [5, 5.41) is 9.22. The molecule has 4 heteroatoms. The molecule has 0 aliphatic carbocycles. The highest BCUT2D eigenvalue weighted by Crippen LogP contribution is 2.25. The summed E-state index contributed by atoms with van der Waals surface area (Å²) < 4.78 is 5.00. The first-order valence-electron chi connectivity index (χ1n) is 3.69. The van der Waals surface area contributed by atoms with E-state index < -0.39 is 0 Å². The Morgan fingerprint density at radius 2 is 2.31 bits per heavy atom. The summed E-state index contributed by atoms with van der Waals surface area (Å²) in [5.74, 6) is 0.507. The smallest absolute Gasteiger partial charge is 0.137 e. The third-order valence-electron chi connectivity index (χ3n) is 1.71. The minimum Gasteiger partial charge on any atom is -0.495 e. The number of nitrogens with zero attached hydrogens (tertiary/aromatic N) is 1. The van der Waals surface area contributed by atoms with Crippen molar-refractivity contribution >= 4 is 11.6 Å². The average molecular weight is 197 g/mol. The summed E-state index contributed by atoms with van der Waals surface area (Å²) in [6.07, 6.45) is 0. The van der Waals surface area contributed by atoms with Crippen LogP contribution in [-0.4, -0.2) is 7.11 Å². The average Bonchev–Trinajstić information content (AvgIpc) is 2.17. The highest BCUT2D eigenvalue weighted by Gasteiger charge is 2.07. The summed E-state index contributed by atoms with van der Waals surface area (Å²) >= 11 is 5.85. The number of ether oxygens (including phenoxy) is 1. The molecular weight excluding hydrogens is 188 g/mol. The number of hydrogen-bond acceptors (Lipinski definition) is 3. The van der Waals surface area contributed by atoms with Gasteiger partial charge in [0, 0.05) is 11.6 Å². The van der Waals surface area contributed by atoms with Crippen molar-refractivity contribution in [2.75, 3.05) is 7.11 Å². The fraction of sp³-hybridized carbons (Fsp3) is 0.222. The van der Waals surface area contributed by atoms with E-state index in [-0.39, 0.29) is 0 Å². The van der Waals surface area contributed by atoms with Crippen LogP contribution in [0.1, 0.15) is 11.1 Å². The largest absolute Gasteiger partial charge is 0.495 e. The van der Waals surface area contributed by atoms with Crippen LogP contribution in [0.15, 0.2) is 12.1 Å². The molecule has 0 aliphatic rings. The Bertz CT molecular complexity index is 357. The van der Waals surface area contributed by atoms with E-state index >= 15 is 0 Å². The van der Waals surface area contributed by atoms with Crippen LogP contribution < -0.4 is 10.5 Å². The second kappa shape index (κ2) is 4.13. The first kappa shape index (κ1) is 9.85. The van der Waals surface area contributed by atoms with Gasteiger partial charge in [0.05, 0.1) is 12.7 Å². The van der Waals surface area contributed by atoms with E-state index in [4.69, 9.17) is 27.3 Å². The van der Waals surface area contributed by atoms with Crippen molar-refractivity contribution in [2.24, 2.45) is 5.73 Å². The van der Waals surface area contributed by atoms with Crippen LogP contribution in [0, 0.1) is 11.3 Å². The first-order chi connectivity index (χ1) is 6.22. The zero-order valence-electron chi connectivity index (χ0n) is 7.17. The molecule has 0 atom stereocenters. The molecular formula is C9H9ClN2O. The van der Waals surface area contributed by atoms with Crippen LogP contribution in [0.3, 0.4) is 0 Å². The molecule has 1 rings (SSSR count). The standard InChI is InChI=1S/C9H9ClN2O/c1-13-9-3-6(4-11)8(10)2-7(9)5-12/h2-3H,4,11H2,1H3. The Morgan fingerprint density at radius 1 is 1.62 bits per heavy atom. The first-order valence-corrected chi connectivity index (χ1v) is 4.07. The van der Waals surface area contributed by atoms with Crippen molar-refractivity contribution in [2.45, 2.75) is 6.54 Å². The molecule has 0 bridgehead atoms. The Balaban J connectivity index is 3.28. The quantitative estimate of drug-likeness (QED) is 0.783. The lowest BCUT2D eigenvalue weighted by Gasteiger charge is -2.06. The lowest BCUT2D eigenvalue weighted by Crippen LogP contribution is -1.99. The summed E-state index contributed by atoms with van der Waals surface area (Å²) in [7, 11) is 1.50. The van der Waals surface area contributed by atoms with E-state index in [0.29, 0.717) is 22.9 Å². The Labute approximate surface area is 81.7 Å². The van der Waals surface area contributed by atoms with Crippen molar-refractivity contribution in [3.8, 4) is 11.8 Å². The minimum absolute atomic E-state index is 0.334. The summed E-state index contributed by atoms with van der Waals surface area (Å²) in [6, 6.07) is 5.23. The van der Waals surface area contributed by atoms with Crippen LogP contribution >= 0.6 is 11.6 Å². The van der Waals surface area contributed by atoms with Gasteiger partial charge < -0.3 is 10.5 Å². The molecule has 2 N–H and O–H groups in total. The van der Waals surface area contributed by atoms with Gasteiger partial charge in [0.2, 0.25) is 0 Å². The molecule has 0 radical (unpaired) electrons. The highest BCUT2D eigenvalue weighted by molar-refractivity contribution is 6.31. The van der Waals surface area contributed by atoms with Gasteiger partial charge in [-0.25, -0.2) is 0 Å². The van der Waals surface area contributed by atoms with Crippen molar-refractivity contribution in [3.05, 3.63) is 28.3 Å². The SMILES string of the molecule is COc1cc(CN)c(Cl)cc1C#N. The van der Waals surface area contributed by atoms with Gasteiger partial charge in [0.25, 0.3) is 0 Å². The third-order valence-corrected chi connectivity index (χ3v) is 2.06. The topological polar surface area (TPSA) is 59.0 Å². The molecule has 13 heavy (non-hydrogen) atoms. The Kier molecular flexibility index (Phi) is 3.13. The lowest BCUT2D eigenvalue weighted by molar-refractivity contribution is 0.413. The normalized spacial score (nSPS) is 9.38. The Morgan fingerprint density at radius 3 is 2.77 bits per heavy atom. The molecule has 1 aromatic rings. The van der Waals surface area contributed by atoms with Crippen molar-refractivity contribution in [3.63, 3.8) is 0 Å². The van der Waals surface area contributed by atoms with E-state index in [1.807, 2.05) is 6.07 Å². The molecule has 0 spiro atoms. The van der Waals surface area contributed by atoms with Gasteiger partial charge in [-0.05, 0) is 17.7 Å². The van der Waals surface area contributed by atoms with Crippen molar-refractivity contribution in [1.82, 2.24) is 0 Å². The predicted octanol–water partition coefficient (Wildman–Crippen LogP) is 1.68. The highest BCUT2D eigenvalue weighted by atomic mass is 35.5. The molecule has 0 aliphatic heterocycles. The van der Waals surface area contributed by atoms with Gasteiger partial charge in [0.1, 0.15) is 11.8 Å². The lowest BCUT2D eigenvalue weighted by atomic mass is 10.1. The zero-order valence-corrected chi connectivity index (χ0v) is 7.93. The van der Waals surface area contributed by atoms with Gasteiger partial charge in [-0.3, -0.25) is 0 Å². The molecule has 0 fully saturated rings. The van der Waals surface area contributed by atoms with Crippen LogP contribution in [0.4, 0.5) is 0 Å². The second-order valence-electron chi connectivity index (χ2n) is 2.46. The second-order valence-corrected chi connectivity index (χ2v) is 2.87. The molecule has 0 saturated heterocycles. The number of hydrogen-bond donors (Lipinski definition) is 1. The van der Waals surface area contributed by atoms with Crippen molar-refractivity contribution in [1.29, 1.82) is 5.26 Å².